The van der Waals surface area contributed by atoms with Crippen LogP contribution in [0.1, 0.15) is 25.3 Å². The predicted octanol–water partition coefficient (Wildman–Crippen LogP) is 1.58. The molecule has 23 heavy (non-hydrogen) atoms. The average molecular weight is 320 g/mol. The summed E-state index contributed by atoms with van der Waals surface area (Å²) in [4.78, 5) is 14.1. The Hall–Kier alpha value is -1.59. The molecule has 0 aromatic heterocycles. The average Bonchev–Trinajstić information content (AvgIpc) is 2.53. The number of nitrogens with one attached hydrogen (secondary N) is 1. The summed E-state index contributed by atoms with van der Waals surface area (Å²) in [6, 6.07) is 7.81. The molecule has 0 bridgehead atoms. The first kappa shape index (κ1) is 17.8. The van der Waals surface area contributed by atoms with Gasteiger partial charge in [-0.3, -0.25) is 9.69 Å². The SMILES string of the molecule is CCNC(=O)C1CCCN(CC(O)COc2cccc(C)c2)C1. The number of carbonyl (C=O) groups excluding carboxylic acids is 1. The molecule has 5 heteroatoms. The van der Waals surface area contributed by atoms with Crippen molar-refractivity contribution < 1.29 is 14.6 Å². The fourth-order valence-electron chi connectivity index (χ4n) is 3.00. The number of β-amino-alcohol motifs (C(OH)–C–C–N with tert-alkyl or cyclic N) is 1. The smallest absolute Gasteiger partial charge is 0.224 e. The molecule has 1 amide bonds. The lowest BCUT2D eigenvalue weighted by atomic mass is 9.97. The van der Waals surface area contributed by atoms with E-state index in [1.165, 1.54) is 0 Å². The molecule has 0 saturated carbocycles. The maximum Gasteiger partial charge on any atom is 0.224 e. The van der Waals surface area contributed by atoms with Crippen molar-refractivity contribution >= 4 is 5.91 Å². The number of amides is 1. The van der Waals surface area contributed by atoms with E-state index in [1.807, 2.05) is 38.1 Å². The number of benzene rings is 1. The van der Waals surface area contributed by atoms with Gasteiger partial charge in [-0.05, 0) is 50.9 Å². The minimum atomic E-state index is -0.552. The second-order valence-corrected chi connectivity index (χ2v) is 6.27. The maximum atomic E-state index is 11.9. The van der Waals surface area contributed by atoms with Gasteiger partial charge in [-0.25, -0.2) is 0 Å². The van der Waals surface area contributed by atoms with E-state index in [9.17, 15) is 9.90 Å². The molecule has 2 unspecified atom stereocenters. The highest BCUT2D eigenvalue weighted by Gasteiger charge is 2.26. The Morgan fingerprint density at radius 3 is 3.09 bits per heavy atom. The zero-order valence-corrected chi connectivity index (χ0v) is 14.1. The summed E-state index contributed by atoms with van der Waals surface area (Å²) in [6.07, 6.45) is 1.37. The number of aliphatic hydroxyl groups is 1. The van der Waals surface area contributed by atoms with Gasteiger partial charge in [0.05, 0.1) is 5.92 Å². The van der Waals surface area contributed by atoms with Gasteiger partial charge in [-0.1, -0.05) is 12.1 Å². The molecule has 1 fully saturated rings. The van der Waals surface area contributed by atoms with Crippen LogP contribution in [-0.2, 0) is 4.79 Å². The van der Waals surface area contributed by atoms with E-state index in [1.54, 1.807) is 0 Å². The van der Waals surface area contributed by atoms with E-state index in [2.05, 4.69) is 10.2 Å². The quantitative estimate of drug-likeness (QED) is 0.801. The number of ether oxygens (including phenoxy) is 1. The van der Waals surface area contributed by atoms with E-state index in [4.69, 9.17) is 4.74 Å². The molecule has 2 rings (SSSR count). The van der Waals surface area contributed by atoms with Crippen LogP contribution in [0.4, 0.5) is 0 Å². The van der Waals surface area contributed by atoms with Gasteiger partial charge < -0.3 is 15.2 Å². The Morgan fingerprint density at radius 2 is 2.35 bits per heavy atom. The number of hydrogen-bond acceptors (Lipinski definition) is 4. The lowest BCUT2D eigenvalue weighted by molar-refractivity contribution is -0.126. The number of aliphatic hydroxyl groups excluding tert-OH is 1. The summed E-state index contributed by atoms with van der Waals surface area (Å²) in [5, 5.41) is 13.1. The first-order valence-corrected chi connectivity index (χ1v) is 8.46. The Bertz CT molecular complexity index is 507. The fraction of sp³-hybridized carbons (Fsp3) is 0.611. The monoisotopic (exact) mass is 320 g/mol. The minimum absolute atomic E-state index is 0.0357. The highest BCUT2D eigenvalue weighted by atomic mass is 16.5. The van der Waals surface area contributed by atoms with Crippen molar-refractivity contribution in [2.45, 2.75) is 32.8 Å². The molecule has 1 aliphatic heterocycles. The second-order valence-electron chi connectivity index (χ2n) is 6.27. The Balaban J connectivity index is 1.76. The number of carbonyl (C=O) groups is 1. The van der Waals surface area contributed by atoms with Crippen LogP contribution in [0.5, 0.6) is 5.75 Å². The lowest BCUT2D eigenvalue weighted by Crippen LogP contribution is -2.46. The number of piperidine rings is 1. The third-order valence-corrected chi connectivity index (χ3v) is 4.13. The van der Waals surface area contributed by atoms with Crippen LogP contribution < -0.4 is 10.1 Å². The molecule has 1 aromatic rings. The Labute approximate surface area is 138 Å². The van der Waals surface area contributed by atoms with E-state index in [-0.39, 0.29) is 18.4 Å². The van der Waals surface area contributed by atoms with Crippen LogP contribution in [0.25, 0.3) is 0 Å². The number of rotatable bonds is 7. The highest BCUT2D eigenvalue weighted by molar-refractivity contribution is 5.78. The maximum absolute atomic E-state index is 11.9. The zero-order chi connectivity index (χ0) is 16.7. The van der Waals surface area contributed by atoms with Gasteiger partial charge in [0.25, 0.3) is 0 Å². The molecule has 128 valence electrons. The number of hydrogen-bond donors (Lipinski definition) is 2. The van der Waals surface area contributed by atoms with Crippen molar-refractivity contribution in [3.8, 4) is 5.75 Å². The van der Waals surface area contributed by atoms with Crippen molar-refractivity contribution in [3.05, 3.63) is 29.8 Å². The van der Waals surface area contributed by atoms with E-state index in [0.29, 0.717) is 19.6 Å². The molecule has 1 aliphatic rings. The summed E-state index contributed by atoms with van der Waals surface area (Å²) in [5.74, 6) is 0.944. The van der Waals surface area contributed by atoms with Crippen molar-refractivity contribution in [2.24, 2.45) is 5.92 Å². The summed E-state index contributed by atoms with van der Waals surface area (Å²) in [7, 11) is 0. The van der Waals surface area contributed by atoms with Crippen LogP contribution in [0.15, 0.2) is 24.3 Å². The molecule has 1 heterocycles. The standard InChI is InChI=1S/C18H28N2O3/c1-3-19-18(22)15-7-5-9-20(11-15)12-16(21)13-23-17-8-4-6-14(2)10-17/h4,6,8,10,15-16,21H,3,5,7,9,11-13H2,1-2H3,(H,19,22). The molecule has 5 nitrogen and oxygen atoms in total. The van der Waals surface area contributed by atoms with Crippen LogP contribution in [0.3, 0.4) is 0 Å². The van der Waals surface area contributed by atoms with Gasteiger partial charge in [-0.2, -0.15) is 0 Å². The first-order valence-electron chi connectivity index (χ1n) is 8.46. The van der Waals surface area contributed by atoms with Crippen molar-refractivity contribution in [3.63, 3.8) is 0 Å². The van der Waals surface area contributed by atoms with Crippen molar-refractivity contribution in [2.75, 3.05) is 32.8 Å². The van der Waals surface area contributed by atoms with E-state index >= 15 is 0 Å². The Morgan fingerprint density at radius 1 is 1.52 bits per heavy atom. The summed E-state index contributed by atoms with van der Waals surface area (Å²) in [6.45, 7) is 7.07. The zero-order valence-electron chi connectivity index (χ0n) is 14.1. The second kappa shape index (κ2) is 8.89. The van der Waals surface area contributed by atoms with Gasteiger partial charge in [0.2, 0.25) is 5.91 Å². The fourth-order valence-corrected chi connectivity index (χ4v) is 3.00. The normalized spacial score (nSPS) is 20.0. The Kier molecular flexibility index (Phi) is 6.86. The van der Waals surface area contributed by atoms with Crippen LogP contribution >= 0.6 is 0 Å². The first-order chi connectivity index (χ1) is 11.1. The van der Waals surface area contributed by atoms with Gasteiger partial charge in [0, 0.05) is 19.6 Å². The van der Waals surface area contributed by atoms with Gasteiger partial charge in [0.15, 0.2) is 0 Å². The molecule has 2 atom stereocenters. The molecular weight excluding hydrogens is 292 g/mol. The molecule has 0 aliphatic carbocycles. The summed E-state index contributed by atoms with van der Waals surface area (Å²) >= 11 is 0. The van der Waals surface area contributed by atoms with Gasteiger partial charge in [-0.15, -0.1) is 0 Å². The third-order valence-electron chi connectivity index (χ3n) is 4.13. The third kappa shape index (κ3) is 5.84. The lowest BCUT2D eigenvalue weighted by Gasteiger charge is -2.33. The van der Waals surface area contributed by atoms with Crippen LogP contribution in [-0.4, -0.2) is 54.8 Å². The largest absolute Gasteiger partial charge is 0.491 e. The molecule has 0 radical (unpaired) electrons. The molecular formula is C18H28N2O3. The topological polar surface area (TPSA) is 61.8 Å². The molecule has 0 spiro atoms. The minimum Gasteiger partial charge on any atom is -0.491 e. The molecule has 2 N–H and O–H groups in total. The molecule has 1 saturated heterocycles. The van der Waals surface area contributed by atoms with E-state index in [0.717, 1.165) is 30.7 Å². The summed E-state index contributed by atoms with van der Waals surface area (Å²) in [5.41, 5.74) is 1.14. The van der Waals surface area contributed by atoms with Gasteiger partial charge >= 0.3 is 0 Å². The van der Waals surface area contributed by atoms with Crippen LogP contribution in [0.2, 0.25) is 0 Å². The van der Waals surface area contributed by atoms with Crippen molar-refractivity contribution in [1.29, 1.82) is 0 Å². The molecule has 1 aromatic carbocycles. The predicted molar refractivity (Wildman–Crippen MR) is 90.5 cm³/mol. The number of nitrogens with zero attached hydrogens (tertiary/aromatic N) is 1. The van der Waals surface area contributed by atoms with Crippen molar-refractivity contribution in [1.82, 2.24) is 10.2 Å². The number of aryl methyl sites for hydroxylation is 1. The van der Waals surface area contributed by atoms with E-state index < -0.39 is 6.10 Å². The van der Waals surface area contributed by atoms with Crippen LogP contribution in [0, 0.1) is 12.8 Å². The highest BCUT2D eigenvalue weighted by Crippen LogP contribution is 2.17. The number of likely N-dealkylation sites (tertiary alicyclic amines) is 1. The summed E-state index contributed by atoms with van der Waals surface area (Å²) < 4.78 is 5.65. The van der Waals surface area contributed by atoms with Gasteiger partial charge in [0.1, 0.15) is 18.5 Å².